The Labute approximate surface area is 190 Å². The van der Waals surface area contributed by atoms with E-state index in [9.17, 15) is 13.6 Å². The number of carbonyl (C=O) groups excluding carboxylic acids is 1. The van der Waals surface area contributed by atoms with E-state index >= 15 is 0 Å². The van der Waals surface area contributed by atoms with Gasteiger partial charge in [-0.2, -0.15) is 0 Å². The number of hydrogen-bond acceptors (Lipinski definition) is 1. The molecular formula is C26H20Cl2F2O. The van der Waals surface area contributed by atoms with Gasteiger partial charge in [-0.25, -0.2) is 8.78 Å². The molecule has 0 radical (unpaired) electrons. The Morgan fingerprint density at radius 3 is 2.32 bits per heavy atom. The number of Topliss-reactive ketones (excluding diaryl/α,β-unsaturated/α-hetero) is 1. The molecule has 1 aliphatic rings. The number of ketones is 1. The monoisotopic (exact) mass is 456 g/mol. The molecule has 0 saturated carbocycles. The maximum absolute atomic E-state index is 13.5. The van der Waals surface area contributed by atoms with Crippen LogP contribution >= 0.6 is 23.2 Å². The Morgan fingerprint density at radius 1 is 0.935 bits per heavy atom. The molecule has 1 nitrogen and oxygen atoms in total. The van der Waals surface area contributed by atoms with Crippen LogP contribution < -0.4 is 0 Å². The number of benzene rings is 3. The molecule has 0 saturated heterocycles. The van der Waals surface area contributed by atoms with Crippen molar-refractivity contribution in [2.75, 3.05) is 0 Å². The maximum atomic E-state index is 13.5. The van der Waals surface area contributed by atoms with E-state index in [-0.39, 0.29) is 24.0 Å². The lowest BCUT2D eigenvalue weighted by atomic mass is 9.84. The number of hydrogen-bond donors (Lipinski definition) is 0. The lowest BCUT2D eigenvalue weighted by Crippen LogP contribution is -2.12. The van der Waals surface area contributed by atoms with Crippen molar-refractivity contribution in [1.29, 1.82) is 0 Å². The van der Waals surface area contributed by atoms with Crippen LogP contribution in [0.3, 0.4) is 0 Å². The van der Waals surface area contributed by atoms with E-state index in [4.69, 9.17) is 23.2 Å². The van der Waals surface area contributed by atoms with E-state index in [2.05, 4.69) is 0 Å². The highest BCUT2D eigenvalue weighted by molar-refractivity contribution is 6.35. The van der Waals surface area contributed by atoms with Crippen LogP contribution in [0.2, 0.25) is 10.0 Å². The van der Waals surface area contributed by atoms with Crippen molar-refractivity contribution in [1.82, 2.24) is 0 Å². The van der Waals surface area contributed by atoms with Crippen molar-refractivity contribution >= 4 is 29.0 Å². The Morgan fingerprint density at radius 2 is 1.61 bits per heavy atom. The van der Waals surface area contributed by atoms with E-state index in [1.54, 1.807) is 36.4 Å². The fourth-order valence-corrected chi connectivity index (χ4v) is 4.63. The predicted octanol–water partition coefficient (Wildman–Crippen LogP) is 7.88. The number of allylic oxidation sites excluding steroid dienone is 2. The summed E-state index contributed by atoms with van der Waals surface area (Å²) in [6.07, 6.45) is -0.223. The van der Waals surface area contributed by atoms with Crippen LogP contribution in [-0.4, -0.2) is 12.2 Å². The highest BCUT2D eigenvalue weighted by atomic mass is 35.5. The minimum absolute atomic E-state index is 0.0247. The molecule has 3 aromatic rings. The van der Waals surface area contributed by atoms with E-state index in [1.807, 2.05) is 42.5 Å². The Kier molecular flexibility index (Phi) is 6.54. The second-order valence-corrected chi connectivity index (χ2v) is 8.51. The van der Waals surface area contributed by atoms with E-state index in [0.29, 0.717) is 33.2 Å². The van der Waals surface area contributed by atoms with E-state index in [1.165, 1.54) is 0 Å². The zero-order valence-electron chi connectivity index (χ0n) is 16.6. The van der Waals surface area contributed by atoms with Gasteiger partial charge in [0.1, 0.15) is 0 Å². The second kappa shape index (κ2) is 9.33. The Bertz CT molecular complexity index is 1120. The van der Waals surface area contributed by atoms with Gasteiger partial charge in [0.2, 0.25) is 6.43 Å². The molecule has 0 fully saturated rings. The summed E-state index contributed by atoms with van der Waals surface area (Å²) >= 11 is 12.3. The first-order valence-electron chi connectivity index (χ1n) is 10.1. The molecule has 0 heterocycles. The first kappa shape index (κ1) is 21.7. The molecule has 2 unspecified atom stereocenters. The molecular weight excluding hydrogens is 437 g/mol. The summed E-state index contributed by atoms with van der Waals surface area (Å²) in [5.74, 6) is -0.485. The van der Waals surface area contributed by atoms with Crippen LogP contribution in [0.25, 0.3) is 0 Å². The summed E-state index contributed by atoms with van der Waals surface area (Å²) in [6, 6.07) is 21.6. The number of halogens is 4. The smallest absolute Gasteiger partial charge is 0.242 e. The van der Waals surface area contributed by atoms with Crippen molar-refractivity contribution in [3.63, 3.8) is 0 Å². The number of carbonyl (C=O) groups is 1. The second-order valence-electron chi connectivity index (χ2n) is 7.67. The van der Waals surface area contributed by atoms with Crippen molar-refractivity contribution in [3.8, 4) is 0 Å². The molecule has 0 spiro atoms. The van der Waals surface area contributed by atoms with Crippen LogP contribution in [-0.2, 0) is 6.42 Å². The molecule has 0 aromatic heterocycles. The summed E-state index contributed by atoms with van der Waals surface area (Å²) < 4.78 is 26.5. The summed E-state index contributed by atoms with van der Waals surface area (Å²) in [4.78, 5) is 13.5. The fourth-order valence-electron chi connectivity index (χ4n) is 4.28. The summed E-state index contributed by atoms with van der Waals surface area (Å²) in [5.41, 5.74) is 3.38. The first-order chi connectivity index (χ1) is 14.9. The van der Waals surface area contributed by atoms with Gasteiger partial charge in [0.05, 0.1) is 5.02 Å². The van der Waals surface area contributed by atoms with Gasteiger partial charge in [-0.1, -0.05) is 77.8 Å². The van der Waals surface area contributed by atoms with Crippen LogP contribution in [0, 0.1) is 0 Å². The molecule has 2 atom stereocenters. The van der Waals surface area contributed by atoms with Gasteiger partial charge in [-0.15, -0.1) is 0 Å². The molecule has 0 N–H and O–H groups in total. The lowest BCUT2D eigenvalue weighted by molar-refractivity contribution is 0.102. The normalized spacial score (nSPS) is 18.3. The zero-order valence-corrected chi connectivity index (χ0v) is 18.1. The van der Waals surface area contributed by atoms with Crippen molar-refractivity contribution in [2.24, 2.45) is 0 Å². The summed E-state index contributed by atoms with van der Waals surface area (Å²) in [7, 11) is 0. The minimum Gasteiger partial charge on any atom is -0.289 e. The summed E-state index contributed by atoms with van der Waals surface area (Å²) in [5, 5.41) is 1.01. The topological polar surface area (TPSA) is 17.1 Å². The van der Waals surface area contributed by atoms with Gasteiger partial charge < -0.3 is 0 Å². The van der Waals surface area contributed by atoms with Gasteiger partial charge in [0.25, 0.3) is 0 Å². The Hall–Kier alpha value is -2.49. The Balaban J connectivity index is 1.78. The predicted molar refractivity (Wildman–Crippen MR) is 122 cm³/mol. The highest BCUT2D eigenvalue weighted by Crippen LogP contribution is 2.46. The number of alkyl halides is 2. The number of rotatable bonds is 6. The molecule has 5 heteroatoms. The van der Waals surface area contributed by atoms with Crippen LogP contribution in [0.15, 0.2) is 84.4 Å². The van der Waals surface area contributed by atoms with E-state index in [0.717, 1.165) is 11.1 Å². The van der Waals surface area contributed by atoms with Crippen LogP contribution in [0.4, 0.5) is 8.78 Å². The third kappa shape index (κ3) is 4.73. The van der Waals surface area contributed by atoms with Gasteiger partial charge in [0, 0.05) is 34.4 Å². The molecule has 3 aromatic carbocycles. The quantitative estimate of drug-likeness (QED) is 0.344. The van der Waals surface area contributed by atoms with Crippen molar-refractivity contribution in [2.45, 2.75) is 31.1 Å². The molecule has 1 aliphatic carbocycles. The third-order valence-corrected chi connectivity index (χ3v) is 6.31. The van der Waals surface area contributed by atoms with Gasteiger partial charge in [-0.3, -0.25) is 4.79 Å². The van der Waals surface area contributed by atoms with Crippen molar-refractivity contribution < 1.29 is 13.6 Å². The lowest BCUT2D eigenvalue weighted by Gasteiger charge is -2.20. The fraction of sp³-hybridized carbons (Fsp3) is 0.192. The molecule has 31 heavy (non-hydrogen) atoms. The zero-order chi connectivity index (χ0) is 22.0. The SMILES string of the molecule is O=C(C1=CC(c2ccc(Cl)cc2)CC1c1ccccc1CC(F)F)c1ccccc1Cl. The molecule has 0 bridgehead atoms. The van der Waals surface area contributed by atoms with Gasteiger partial charge >= 0.3 is 0 Å². The average Bonchev–Trinajstić information content (AvgIpc) is 3.19. The van der Waals surface area contributed by atoms with Crippen LogP contribution in [0.5, 0.6) is 0 Å². The molecule has 158 valence electrons. The van der Waals surface area contributed by atoms with Gasteiger partial charge in [0.15, 0.2) is 5.78 Å². The van der Waals surface area contributed by atoms with E-state index < -0.39 is 6.43 Å². The van der Waals surface area contributed by atoms with Gasteiger partial charge in [-0.05, 0) is 47.4 Å². The summed E-state index contributed by atoms with van der Waals surface area (Å²) in [6.45, 7) is 0. The average molecular weight is 457 g/mol. The molecule has 0 amide bonds. The molecule has 4 rings (SSSR count). The largest absolute Gasteiger partial charge is 0.289 e. The highest BCUT2D eigenvalue weighted by Gasteiger charge is 2.34. The molecule has 0 aliphatic heterocycles. The third-order valence-electron chi connectivity index (χ3n) is 5.73. The maximum Gasteiger partial charge on any atom is 0.242 e. The van der Waals surface area contributed by atoms with Crippen LogP contribution in [0.1, 0.15) is 45.3 Å². The first-order valence-corrected chi connectivity index (χ1v) is 10.8. The minimum atomic E-state index is -2.46. The standard InChI is InChI=1S/C26H20Cl2F2O/c27-19-11-9-16(10-12-19)18-13-22(20-6-2-1-5-17(20)15-25(29)30)23(14-18)26(31)21-7-3-4-8-24(21)28/h1-12,14,18,22,25H,13,15H2. The van der Waals surface area contributed by atoms with Crippen molar-refractivity contribution in [3.05, 3.63) is 117 Å².